The van der Waals surface area contributed by atoms with E-state index in [9.17, 15) is 9.59 Å². The Bertz CT molecular complexity index is 256. The third-order valence-corrected chi connectivity index (χ3v) is 1.56. The lowest BCUT2D eigenvalue weighted by Crippen LogP contribution is -2.41. The van der Waals surface area contributed by atoms with Gasteiger partial charge in [0, 0.05) is 6.54 Å². The molecule has 0 aliphatic carbocycles. The molecule has 0 radical (unpaired) electrons. The lowest BCUT2D eigenvalue weighted by Gasteiger charge is -2.27. The van der Waals surface area contributed by atoms with Gasteiger partial charge in [-0.1, -0.05) is 27.7 Å². The van der Waals surface area contributed by atoms with E-state index in [0.29, 0.717) is 6.54 Å². The first-order valence-electron chi connectivity index (χ1n) is 6.31. The van der Waals surface area contributed by atoms with E-state index in [1.54, 1.807) is 20.8 Å². The second-order valence-corrected chi connectivity index (χ2v) is 5.15. The molecule has 0 saturated carbocycles. The van der Waals surface area contributed by atoms with Crippen molar-refractivity contribution in [3.8, 4) is 0 Å². The van der Waals surface area contributed by atoms with E-state index in [-0.39, 0.29) is 12.5 Å². The molecular formula is C13H27NO4. The largest absolute Gasteiger partial charge is 0.480 e. The Morgan fingerprint density at radius 1 is 1.22 bits per heavy atom. The Balaban J connectivity index is 0. The normalized spacial score (nSPS) is 10.4. The predicted molar refractivity (Wildman–Crippen MR) is 71.6 cm³/mol. The summed E-state index contributed by atoms with van der Waals surface area (Å²) in [6, 6.07) is 0. The summed E-state index contributed by atoms with van der Waals surface area (Å²) in [5.41, 5.74) is -0.606. The number of carboxylic acids is 1. The van der Waals surface area contributed by atoms with Gasteiger partial charge >= 0.3 is 12.1 Å². The number of nitrogens with zero attached hydrogens (tertiary/aromatic N) is 1. The summed E-state index contributed by atoms with van der Waals surface area (Å²) < 4.78 is 5.13. The average molecular weight is 261 g/mol. The molecule has 0 aromatic carbocycles. The minimum atomic E-state index is -1.04. The third-order valence-electron chi connectivity index (χ3n) is 1.56. The summed E-state index contributed by atoms with van der Waals surface area (Å²) in [5, 5.41) is 8.69. The van der Waals surface area contributed by atoms with Gasteiger partial charge in [0.2, 0.25) is 0 Å². The molecule has 0 aliphatic rings. The zero-order valence-electron chi connectivity index (χ0n) is 12.6. The van der Waals surface area contributed by atoms with Gasteiger partial charge < -0.3 is 9.84 Å². The van der Waals surface area contributed by atoms with Crippen molar-refractivity contribution < 1.29 is 19.4 Å². The summed E-state index contributed by atoms with van der Waals surface area (Å²) in [6.07, 6.45) is -0.580. The van der Waals surface area contributed by atoms with E-state index in [0.717, 1.165) is 0 Å². The molecule has 0 aromatic heterocycles. The SMILES string of the molecule is CC.CC(C)CN(CC(=O)O)C(=O)OC(C)(C)C. The highest BCUT2D eigenvalue weighted by Gasteiger charge is 2.24. The first-order chi connectivity index (χ1) is 8.11. The van der Waals surface area contributed by atoms with Crippen molar-refractivity contribution in [1.29, 1.82) is 0 Å². The number of carboxylic acid groups (broad SMARTS) is 1. The van der Waals surface area contributed by atoms with E-state index in [4.69, 9.17) is 9.84 Å². The molecular weight excluding hydrogens is 234 g/mol. The van der Waals surface area contributed by atoms with E-state index >= 15 is 0 Å². The van der Waals surface area contributed by atoms with E-state index < -0.39 is 17.7 Å². The van der Waals surface area contributed by atoms with Gasteiger partial charge in [-0.05, 0) is 26.7 Å². The second kappa shape index (κ2) is 8.78. The maximum atomic E-state index is 11.7. The van der Waals surface area contributed by atoms with Crippen molar-refractivity contribution >= 4 is 12.1 Å². The predicted octanol–water partition coefficient (Wildman–Crippen LogP) is 2.99. The van der Waals surface area contributed by atoms with Crippen LogP contribution in [-0.2, 0) is 9.53 Å². The standard InChI is InChI=1S/C11H21NO4.C2H6/c1-8(2)6-12(7-9(13)14)10(15)16-11(3,4)5;1-2/h8H,6-7H2,1-5H3,(H,13,14);1-2H3. The van der Waals surface area contributed by atoms with Crippen LogP contribution < -0.4 is 0 Å². The Hall–Kier alpha value is -1.26. The topological polar surface area (TPSA) is 66.8 Å². The van der Waals surface area contributed by atoms with Crippen LogP contribution in [0.4, 0.5) is 4.79 Å². The van der Waals surface area contributed by atoms with Gasteiger partial charge in [0.15, 0.2) is 0 Å². The molecule has 0 bridgehead atoms. The Labute approximate surface area is 110 Å². The maximum absolute atomic E-state index is 11.7. The van der Waals surface area contributed by atoms with Gasteiger partial charge in [0.1, 0.15) is 12.1 Å². The van der Waals surface area contributed by atoms with Crippen LogP contribution in [0.3, 0.4) is 0 Å². The van der Waals surface area contributed by atoms with Crippen LogP contribution >= 0.6 is 0 Å². The van der Waals surface area contributed by atoms with Gasteiger partial charge in [0.25, 0.3) is 0 Å². The van der Waals surface area contributed by atoms with Crippen LogP contribution in [0.1, 0.15) is 48.5 Å². The molecule has 0 atom stereocenters. The van der Waals surface area contributed by atoms with Crippen LogP contribution in [0.15, 0.2) is 0 Å². The lowest BCUT2D eigenvalue weighted by molar-refractivity contribution is -0.138. The minimum absolute atomic E-state index is 0.201. The van der Waals surface area contributed by atoms with Crippen molar-refractivity contribution in [2.75, 3.05) is 13.1 Å². The Morgan fingerprint density at radius 3 is 1.94 bits per heavy atom. The highest BCUT2D eigenvalue weighted by molar-refractivity contribution is 5.76. The molecule has 0 spiro atoms. The molecule has 5 heteroatoms. The average Bonchev–Trinajstić information content (AvgIpc) is 2.15. The molecule has 0 aromatic rings. The molecule has 0 unspecified atom stereocenters. The Kier molecular flexibility index (Phi) is 9.31. The Morgan fingerprint density at radius 2 is 1.67 bits per heavy atom. The number of carbonyl (C=O) groups excluding carboxylic acids is 1. The zero-order valence-corrected chi connectivity index (χ0v) is 12.6. The van der Waals surface area contributed by atoms with E-state index in [1.807, 2.05) is 27.7 Å². The smallest absolute Gasteiger partial charge is 0.410 e. The van der Waals surface area contributed by atoms with Gasteiger partial charge in [-0.15, -0.1) is 0 Å². The van der Waals surface area contributed by atoms with Gasteiger partial charge in [-0.25, -0.2) is 4.79 Å². The summed E-state index contributed by atoms with van der Waals surface area (Å²) in [7, 11) is 0. The first-order valence-corrected chi connectivity index (χ1v) is 6.31. The summed E-state index contributed by atoms with van der Waals surface area (Å²) in [4.78, 5) is 23.5. The molecule has 5 nitrogen and oxygen atoms in total. The van der Waals surface area contributed by atoms with E-state index in [1.165, 1.54) is 4.90 Å². The van der Waals surface area contributed by atoms with Crippen molar-refractivity contribution in [2.24, 2.45) is 5.92 Å². The molecule has 18 heavy (non-hydrogen) atoms. The number of rotatable bonds is 4. The number of hydrogen-bond acceptors (Lipinski definition) is 3. The van der Waals surface area contributed by atoms with Crippen molar-refractivity contribution in [2.45, 2.75) is 54.1 Å². The molecule has 0 aliphatic heterocycles. The number of carbonyl (C=O) groups is 2. The van der Waals surface area contributed by atoms with Gasteiger partial charge in [-0.3, -0.25) is 9.69 Å². The number of amides is 1. The quantitative estimate of drug-likeness (QED) is 0.844. The molecule has 1 amide bonds. The molecule has 0 fully saturated rings. The number of ether oxygens (including phenoxy) is 1. The van der Waals surface area contributed by atoms with Crippen LogP contribution in [0.25, 0.3) is 0 Å². The molecule has 0 rings (SSSR count). The van der Waals surface area contributed by atoms with Gasteiger partial charge in [0.05, 0.1) is 0 Å². The fourth-order valence-corrected chi connectivity index (χ4v) is 1.13. The lowest BCUT2D eigenvalue weighted by atomic mass is 10.2. The van der Waals surface area contributed by atoms with Crippen LogP contribution in [0, 0.1) is 5.92 Å². The summed E-state index contributed by atoms with van der Waals surface area (Å²) in [5.74, 6) is -0.835. The van der Waals surface area contributed by atoms with Gasteiger partial charge in [-0.2, -0.15) is 0 Å². The maximum Gasteiger partial charge on any atom is 0.410 e. The van der Waals surface area contributed by atoms with Crippen LogP contribution in [-0.4, -0.2) is 40.8 Å². The molecule has 0 heterocycles. The van der Waals surface area contributed by atoms with Crippen molar-refractivity contribution in [3.05, 3.63) is 0 Å². The monoisotopic (exact) mass is 261 g/mol. The fourth-order valence-electron chi connectivity index (χ4n) is 1.13. The summed E-state index contributed by atoms with van der Waals surface area (Å²) in [6.45, 7) is 13.1. The molecule has 108 valence electrons. The summed E-state index contributed by atoms with van der Waals surface area (Å²) >= 11 is 0. The van der Waals surface area contributed by atoms with Crippen LogP contribution in [0.5, 0.6) is 0 Å². The highest BCUT2D eigenvalue weighted by atomic mass is 16.6. The molecule has 0 saturated heterocycles. The zero-order chi connectivity index (χ0) is 14.9. The van der Waals surface area contributed by atoms with E-state index in [2.05, 4.69) is 0 Å². The second-order valence-electron chi connectivity index (χ2n) is 5.15. The third kappa shape index (κ3) is 11.2. The first kappa shape index (κ1) is 19.1. The van der Waals surface area contributed by atoms with Crippen molar-refractivity contribution in [3.63, 3.8) is 0 Å². The number of aliphatic carboxylic acids is 1. The highest BCUT2D eigenvalue weighted by Crippen LogP contribution is 2.11. The molecule has 1 N–H and O–H groups in total. The fraction of sp³-hybridized carbons (Fsp3) is 0.846. The van der Waals surface area contributed by atoms with Crippen LogP contribution in [0.2, 0.25) is 0 Å². The number of hydrogen-bond donors (Lipinski definition) is 1. The minimum Gasteiger partial charge on any atom is -0.480 e. The van der Waals surface area contributed by atoms with Crippen molar-refractivity contribution in [1.82, 2.24) is 4.90 Å².